The van der Waals surface area contributed by atoms with Crippen molar-refractivity contribution in [1.29, 1.82) is 0 Å². The van der Waals surface area contributed by atoms with Crippen molar-refractivity contribution in [2.75, 3.05) is 26.9 Å². The average Bonchev–Trinajstić information content (AvgIpc) is 2.48. The van der Waals surface area contributed by atoms with Crippen molar-refractivity contribution in [3.8, 4) is 0 Å². The highest BCUT2D eigenvalue weighted by Crippen LogP contribution is 2.08. The Morgan fingerprint density at radius 2 is 1.90 bits per heavy atom. The molecule has 0 saturated heterocycles. The first-order chi connectivity index (χ1) is 9.60. The number of aliphatic imine (C=N–C) groups is 1. The van der Waals surface area contributed by atoms with Crippen LogP contribution < -0.4 is 5.32 Å². The molecule has 0 spiro atoms. The van der Waals surface area contributed by atoms with Crippen LogP contribution in [-0.2, 0) is 13.0 Å². The van der Waals surface area contributed by atoms with Crippen LogP contribution in [0.25, 0.3) is 0 Å². The van der Waals surface area contributed by atoms with Crippen molar-refractivity contribution in [2.45, 2.75) is 32.1 Å². The number of guanidine groups is 1. The number of nitrogens with one attached hydrogen (secondary N) is 1. The maximum absolute atomic E-state index is 4.35. The van der Waals surface area contributed by atoms with Crippen LogP contribution in [0.3, 0.4) is 0 Å². The predicted molar refractivity (Wildman–Crippen MR) is 91.6 cm³/mol. The molecule has 1 N–H and O–H groups in total. The van der Waals surface area contributed by atoms with Crippen LogP contribution in [0.4, 0.5) is 0 Å². The fraction of sp³-hybridized carbons (Fsp3) is 0.562. The first kappa shape index (κ1) is 16.9. The second-order valence-corrected chi connectivity index (χ2v) is 6.28. The molecule has 0 amide bonds. The molecular formula is C16H27N3S. The zero-order valence-electron chi connectivity index (χ0n) is 13.3. The predicted octanol–water partition coefficient (Wildman–Crippen LogP) is 3.01. The smallest absolute Gasteiger partial charge is 0.193 e. The molecule has 20 heavy (non-hydrogen) atoms. The lowest BCUT2D eigenvalue weighted by atomic mass is 10.1. The fourth-order valence-corrected chi connectivity index (χ4v) is 2.18. The third-order valence-corrected chi connectivity index (χ3v) is 4.35. The van der Waals surface area contributed by atoms with E-state index >= 15 is 0 Å². The van der Waals surface area contributed by atoms with Crippen LogP contribution in [0.5, 0.6) is 0 Å². The van der Waals surface area contributed by atoms with Crippen LogP contribution in [0.2, 0.25) is 0 Å². The number of nitrogens with zero attached hydrogens (tertiary/aromatic N) is 2. The third kappa shape index (κ3) is 5.45. The van der Waals surface area contributed by atoms with Gasteiger partial charge < -0.3 is 10.2 Å². The van der Waals surface area contributed by atoms with Crippen LogP contribution in [0.1, 0.15) is 25.0 Å². The van der Waals surface area contributed by atoms with Crippen molar-refractivity contribution in [2.24, 2.45) is 4.99 Å². The average molecular weight is 293 g/mol. The molecule has 0 aliphatic carbocycles. The first-order valence-corrected chi connectivity index (χ1v) is 8.41. The summed E-state index contributed by atoms with van der Waals surface area (Å²) >= 11 is 1.86. The van der Waals surface area contributed by atoms with E-state index < -0.39 is 0 Å². The Hall–Kier alpha value is -1.16. The first-order valence-electron chi connectivity index (χ1n) is 7.13. The molecule has 4 heteroatoms. The highest BCUT2D eigenvalue weighted by atomic mass is 32.2. The topological polar surface area (TPSA) is 27.6 Å². The zero-order chi connectivity index (χ0) is 15.0. The molecule has 112 valence electrons. The SMILES string of the molecule is CCc1ccc(CN(C)C(=NC)NCC(C)SC)cc1. The molecule has 0 radical (unpaired) electrons. The van der Waals surface area contributed by atoms with E-state index in [1.807, 2.05) is 18.8 Å². The van der Waals surface area contributed by atoms with Gasteiger partial charge in [-0.3, -0.25) is 4.99 Å². The van der Waals surface area contributed by atoms with Gasteiger partial charge in [-0.1, -0.05) is 38.1 Å². The number of benzene rings is 1. The van der Waals surface area contributed by atoms with Gasteiger partial charge in [-0.2, -0.15) is 11.8 Å². The fourth-order valence-electron chi connectivity index (χ4n) is 1.93. The van der Waals surface area contributed by atoms with Gasteiger partial charge in [0.25, 0.3) is 0 Å². The summed E-state index contributed by atoms with van der Waals surface area (Å²) in [5.74, 6) is 0.950. The van der Waals surface area contributed by atoms with E-state index in [1.54, 1.807) is 0 Å². The Morgan fingerprint density at radius 1 is 1.30 bits per heavy atom. The molecule has 1 unspecified atom stereocenters. The maximum atomic E-state index is 4.35. The number of hydrogen-bond acceptors (Lipinski definition) is 2. The van der Waals surface area contributed by atoms with Crippen molar-refractivity contribution < 1.29 is 0 Å². The van der Waals surface area contributed by atoms with E-state index in [0.717, 1.165) is 25.5 Å². The van der Waals surface area contributed by atoms with Gasteiger partial charge in [-0.25, -0.2) is 0 Å². The van der Waals surface area contributed by atoms with Gasteiger partial charge in [-0.05, 0) is 23.8 Å². The van der Waals surface area contributed by atoms with E-state index in [2.05, 4.69) is 66.6 Å². The highest BCUT2D eigenvalue weighted by molar-refractivity contribution is 7.99. The van der Waals surface area contributed by atoms with Crippen LogP contribution in [-0.4, -0.2) is 43.0 Å². The Kier molecular flexibility index (Phi) is 7.52. The lowest BCUT2D eigenvalue weighted by molar-refractivity contribution is 0.477. The van der Waals surface area contributed by atoms with E-state index in [0.29, 0.717) is 5.25 Å². The van der Waals surface area contributed by atoms with Gasteiger partial charge in [-0.15, -0.1) is 0 Å². The highest BCUT2D eigenvalue weighted by Gasteiger charge is 2.08. The van der Waals surface area contributed by atoms with Gasteiger partial charge >= 0.3 is 0 Å². The van der Waals surface area contributed by atoms with Crippen molar-refractivity contribution >= 4 is 17.7 Å². The van der Waals surface area contributed by atoms with Gasteiger partial charge in [0.1, 0.15) is 0 Å². The van der Waals surface area contributed by atoms with Crippen LogP contribution in [0.15, 0.2) is 29.3 Å². The molecule has 0 fully saturated rings. The summed E-state index contributed by atoms with van der Waals surface area (Å²) in [5, 5.41) is 4.00. The Balaban J connectivity index is 2.55. The lowest BCUT2D eigenvalue weighted by Crippen LogP contribution is -2.40. The second-order valence-electron chi connectivity index (χ2n) is 5.00. The minimum Gasteiger partial charge on any atom is -0.355 e. The molecule has 0 bridgehead atoms. The van der Waals surface area contributed by atoms with E-state index in [1.165, 1.54) is 11.1 Å². The van der Waals surface area contributed by atoms with E-state index in [-0.39, 0.29) is 0 Å². The van der Waals surface area contributed by atoms with Gasteiger partial charge in [0.05, 0.1) is 0 Å². The van der Waals surface area contributed by atoms with Gasteiger partial charge in [0, 0.05) is 32.4 Å². The summed E-state index contributed by atoms with van der Waals surface area (Å²) in [6.07, 6.45) is 3.22. The molecule has 1 rings (SSSR count). The van der Waals surface area contributed by atoms with Crippen molar-refractivity contribution in [3.63, 3.8) is 0 Å². The quantitative estimate of drug-likeness (QED) is 0.645. The van der Waals surface area contributed by atoms with E-state index in [9.17, 15) is 0 Å². The molecule has 1 atom stereocenters. The van der Waals surface area contributed by atoms with Gasteiger partial charge in [0.15, 0.2) is 5.96 Å². The molecule has 3 nitrogen and oxygen atoms in total. The Labute approximate surface area is 127 Å². The summed E-state index contributed by atoms with van der Waals surface area (Å²) in [6, 6.07) is 8.81. The maximum Gasteiger partial charge on any atom is 0.193 e. The largest absolute Gasteiger partial charge is 0.355 e. The molecule has 0 aromatic heterocycles. The monoisotopic (exact) mass is 293 g/mol. The summed E-state index contributed by atoms with van der Waals surface area (Å²) in [6.45, 7) is 6.21. The number of hydrogen-bond donors (Lipinski definition) is 1. The summed E-state index contributed by atoms with van der Waals surface area (Å²) in [4.78, 5) is 6.51. The van der Waals surface area contributed by atoms with Crippen LogP contribution in [0, 0.1) is 0 Å². The normalized spacial score (nSPS) is 13.2. The zero-order valence-corrected chi connectivity index (χ0v) is 14.1. The Bertz CT molecular complexity index is 414. The number of aryl methyl sites for hydroxylation is 1. The molecule has 0 saturated carbocycles. The Morgan fingerprint density at radius 3 is 2.40 bits per heavy atom. The van der Waals surface area contributed by atoms with Crippen molar-refractivity contribution in [3.05, 3.63) is 35.4 Å². The third-order valence-electron chi connectivity index (χ3n) is 3.37. The summed E-state index contributed by atoms with van der Waals surface area (Å²) < 4.78 is 0. The molecule has 1 aromatic carbocycles. The molecule has 0 aliphatic rings. The van der Waals surface area contributed by atoms with Gasteiger partial charge in [0.2, 0.25) is 0 Å². The lowest BCUT2D eigenvalue weighted by Gasteiger charge is -2.23. The molecular weight excluding hydrogens is 266 g/mol. The minimum absolute atomic E-state index is 0.587. The molecule has 0 heterocycles. The minimum atomic E-state index is 0.587. The standard InChI is InChI=1S/C16H27N3S/c1-6-14-7-9-15(10-8-14)12-19(4)16(17-3)18-11-13(2)20-5/h7-10,13H,6,11-12H2,1-5H3,(H,17,18). The number of rotatable bonds is 6. The summed E-state index contributed by atoms with van der Waals surface area (Å²) in [5.41, 5.74) is 2.69. The molecule has 1 aromatic rings. The van der Waals surface area contributed by atoms with E-state index in [4.69, 9.17) is 0 Å². The van der Waals surface area contributed by atoms with Crippen molar-refractivity contribution in [1.82, 2.24) is 10.2 Å². The number of thioether (sulfide) groups is 1. The summed E-state index contributed by atoms with van der Waals surface area (Å²) in [7, 11) is 3.91. The second kappa shape index (κ2) is 8.90. The van der Waals surface area contributed by atoms with Crippen LogP contribution >= 0.6 is 11.8 Å². The molecule has 0 aliphatic heterocycles.